The summed E-state index contributed by atoms with van der Waals surface area (Å²) in [5.41, 5.74) is 0.742. The number of nitrogens with zero attached hydrogens (tertiary/aromatic N) is 2. The number of aromatic nitrogens is 1. The van der Waals surface area contributed by atoms with Gasteiger partial charge in [-0.15, -0.1) is 11.8 Å². The van der Waals surface area contributed by atoms with Crippen molar-refractivity contribution >= 4 is 23.6 Å². The average molecular weight is 335 g/mol. The van der Waals surface area contributed by atoms with Crippen molar-refractivity contribution in [3.05, 3.63) is 30.1 Å². The molecule has 1 aliphatic rings. The predicted molar refractivity (Wildman–Crippen MR) is 92.8 cm³/mol. The van der Waals surface area contributed by atoms with Crippen LogP contribution in [0.5, 0.6) is 0 Å². The van der Waals surface area contributed by atoms with Gasteiger partial charge < -0.3 is 10.2 Å². The Hall–Kier alpha value is -1.56. The molecule has 0 spiro atoms. The molecule has 2 rings (SSSR count). The van der Waals surface area contributed by atoms with Crippen LogP contribution >= 0.6 is 11.8 Å². The Balaban J connectivity index is 1.99. The van der Waals surface area contributed by atoms with E-state index >= 15 is 0 Å². The largest absolute Gasteiger partial charge is 0.346 e. The first kappa shape index (κ1) is 17.8. The third kappa shape index (κ3) is 4.96. The molecule has 1 N–H and O–H groups in total. The van der Waals surface area contributed by atoms with E-state index in [1.165, 1.54) is 0 Å². The van der Waals surface area contributed by atoms with E-state index in [-0.39, 0.29) is 29.3 Å². The van der Waals surface area contributed by atoms with Gasteiger partial charge in [0, 0.05) is 18.4 Å². The highest BCUT2D eigenvalue weighted by Crippen LogP contribution is 2.27. The van der Waals surface area contributed by atoms with Crippen molar-refractivity contribution in [3.8, 4) is 0 Å². The summed E-state index contributed by atoms with van der Waals surface area (Å²) in [6.07, 6.45) is 2.16. The Morgan fingerprint density at radius 3 is 2.78 bits per heavy atom. The standard InChI is InChI=1S/C17H25N3O2S/c1-12(13-7-5-6-8-18-13)19-16(22)14-10-23-11-20(14)15(21)9-17(2,3)4/h5-8,12,14H,9-11H2,1-4H3,(H,19,22)/t12-,14-/m0/s1. The molecule has 6 heteroatoms. The summed E-state index contributed by atoms with van der Waals surface area (Å²) in [5, 5.41) is 2.98. The van der Waals surface area contributed by atoms with Gasteiger partial charge >= 0.3 is 0 Å². The molecule has 0 bridgehead atoms. The Kier molecular flexibility index (Phi) is 5.68. The smallest absolute Gasteiger partial charge is 0.244 e. The molecular formula is C17H25N3O2S. The van der Waals surface area contributed by atoms with Crippen molar-refractivity contribution in [2.45, 2.75) is 46.2 Å². The van der Waals surface area contributed by atoms with E-state index in [2.05, 4.69) is 10.3 Å². The van der Waals surface area contributed by atoms with Gasteiger partial charge in [0.1, 0.15) is 6.04 Å². The average Bonchev–Trinajstić information content (AvgIpc) is 2.96. The SMILES string of the molecule is C[C@H](NC(=O)[C@@H]1CSCN1C(=O)CC(C)(C)C)c1ccccn1. The van der Waals surface area contributed by atoms with Crippen LogP contribution in [-0.2, 0) is 9.59 Å². The minimum absolute atomic E-state index is 0.0492. The van der Waals surface area contributed by atoms with Crippen LogP contribution in [0.25, 0.3) is 0 Å². The van der Waals surface area contributed by atoms with Gasteiger partial charge in [-0.2, -0.15) is 0 Å². The van der Waals surface area contributed by atoms with Crippen molar-refractivity contribution in [2.24, 2.45) is 5.41 Å². The maximum atomic E-state index is 12.6. The van der Waals surface area contributed by atoms with E-state index in [0.717, 1.165) is 5.69 Å². The van der Waals surface area contributed by atoms with Crippen LogP contribution in [0, 0.1) is 5.41 Å². The minimum atomic E-state index is -0.388. The third-order valence-electron chi connectivity index (χ3n) is 3.68. The topological polar surface area (TPSA) is 62.3 Å². The number of rotatable bonds is 4. The Morgan fingerprint density at radius 2 is 2.17 bits per heavy atom. The van der Waals surface area contributed by atoms with E-state index < -0.39 is 0 Å². The van der Waals surface area contributed by atoms with E-state index in [9.17, 15) is 9.59 Å². The number of amides is 2. The molecule has 0 radical (unpaired) electrons. The number of nitrogens with one attached hydrogen (secondary N) is 1. The van der Waals surface area contributed by atoms with E-state index in [1.54, 1.807) is 22.9 Å². The molecule has 126 valence electrons. The number of hydrogen-bond donors (Lipinski definition) is 1. The summed E-state index contributed by atoms with van der Waals surface area (Å²) in [7, 11) is 0. The second-order valence-corrected chi connectivity index (χ2v) is 8.10. The molecule has 5 nitrogen and oxygen atoms in total. The summed E-state index contributed by atoms with van der Waals surface area (Å²) in [4.78, 5) is 31.0. The van der Waals surface area contributed by atoms with E-state index in [0.29, 0.717) is 18.1 Å². The quantitative estimate of drug-likeness (QED) is 0.919. The van der Waals surface area contributed by atoms with Crippen LogP contribution < -0.4 is 5.32 Å². The molecule has 1 aliphatic heterocycles. The second-order valence-electron chi connectivity index (χ2n) is 7.10. The highest BCUT2D eigenvalue weighted by atomic mass is 32.2. The monoisotopic (exact) mass is 335 g/mol. The lowest BCUT2D eigenvalue weighted by Gasteiger charge is -2.27. The molecular weight excluding hydrogens is 310 g/mol. The van der Waals surface area contributed by atoms with Gasteiger partial charge in [-0.1, -0.05) is 26.8 Å². The Morgan fingerprint density at radius 1 is 1.43 bits per heavy atom. The molecule has 2 heterocycles. The molecule has 0 saturated carbocycles. The summed E-state index contributed by atoms with van der Waals surface area (Å²) in [5.74, 6) is 1.19. The van der Waals surface area contributed by atoms with Crippen LogP contribution in [0.1, 0.15) is 45.9 Å². The Bertz CT molecular complexity index is 557. The van der Waals surface area contributed by atoms with Crippen molar-refractivity contribution in [1.29, 1.82) is 0 Å². The highest BCUT2D eigenvalue weighted by Gasteiger charge is 2.36. The molecule has 2 amide bonds. The van der Waals surface area contributed by atoms with Crippen molar-refractivity contribution in [2.75, 3.05) is 11.6 Å². The maximum Gasteiger partial charge on any atom is 0.244 e. The number of hydrogen-bond acceptors (Lipinski definition) is 4. The summed E-state index contributed by atoms with van der Waals surface area (Å²) < 4.78 is 0. The third-order valence-corrected chi connectivity index (χ3v) is 4.69. The minimum Gasteiger partial charge on any atom is -0.346 e. The summed E-state index contributed by atoms with van der Waals surface area (Å²) in [6.45, 7) is 8.01. The lowest BCUT2D eigenvalue weighted by molar-refractivity contribution is -0.139. The Labute approximate surface area is 142 Å². The zero-order valence-electron chi connectivity index (χ0n) is 14.2. The normalized spacial score (nSPS) is 19.5. The zero-order valence-corrected chi connectivity index (χ0v) is 15.0. The molecule has 0 aliphatic carbocycles. The molecule has 1 aromatic heterocycles. The van der Waals surface area contributed by atoms with Crippen LogP contribution in [0.4, 0.5) is 0 Å². The fourth-order valence-electron chi connectivity index (χ4n) is 2.48. The van der Waals surface area contributed by atoms with Gasteiger partial charge in [-0.05, 0) is 24.5 Å². The molecule has 1 saturated heterocycles. The first-order valence-electron chi connectivity index (χ1n) is 7.86. The van der Waals surface area contributed by atoms with Crippen molar-refractivity contribution in [1.82, 2.24) is 15.2 Å². The first-order valence-corrected chi connectivity index (χ1v) is 9.02. The molecule has 2 atom stereocenters. The van der Waals surface area contributed by atoms with Crippen molar-refractivity contribution < 1.29 is 9.59 Å². The summed E-state index contributed by atoms with van der Waals surface area (Å²) in [6, 6.07) is 5.07. The molecule has 0 aromatic carbocycles. The fraction of sp³-hybridized carbons (Fsp3) is 0.588. The first-order chi connectivity index (χ1) is 10.8. The van der Waals surface area contributed by atoms with Crippen molar-refractivity contribution in [3.63, 3.8) is 0 Å². The van der Waals surface area contributed by atoms with Crippen LogP contribution in [0.15, 0.2) is 24.4 Å². The number of carbonyl (C=O) groups is 2. The second kappa shape index (κ2) is 7.34. The maximum absolute atomic E-state index is 12.6. The van der Waals surface area contributed by atoms with Gasteiger partial charge in [0.2, 0.25) is 11.8 Å². The van der Waals surface area contributed by atoms with Gasteiger partial charge in [0.05, 0.1) is 17.6 Å². The van der Waals surface area contributed by atoms with E-state index in [4.69, 9.17) is 0 Å². The highest BCUT2D eigenvalue weighted by molar-refractivity contribution is 7.99. The molecule has 0 unspecified atom stereocenters. The lowest BCUT2D eigenvalue weighted by Crippen LogP contribution is -2.48. The molecule has 1 fully saturated rings. The van der Waals surface area contributed by atoms with Gasteiger partial charge in [0.25, 0.3) is 0 Å². The summed E-state index contributed by atoms with van der Waals surface area (Å²) >= 11 is 1.62. The van der Waals surface area contributed by atoms with Crippen LogP contribution in [0.3, 0.4) is 0 Å². The zero-order chi connectivity index (χ0) is 17.0. The van der Waals surface area contributed by atoms with Crippen LogP contribution in [-0.4, -0.2) is 39.4 Å². The molecule has 23 heavy (non-hydrogen) atoms. The van der Waals surface area contributed by atoms with Gasteiger partial charge in [-0.3, -0.25) is 14.6 Å². The number of carbonyl (C=O) groups excluding carboxylic acids is 2. The lowest BCUT2D eigenvalue weighted by atomic mass is 9.91. The molecule has 1 aromatic rings. The number of thioether (sulfide) groups is 1. The van der Waals surface area contributed by atoms with Crippen LogP contribution in [0.2, 0.25) is 0 Å². The fourth-order valence-corrected chi connectivity index (χ4v) is 3.66. The number of pyridine rings is 1. The van der Waals surface area contributed by atoms with Gasteiger partial charge in [0.15, 0.2) is 0 Å². The predicted octanol–water partition coefficient (Wildman–Crippen LogP) is 2.60. The van der Waals surface area contributed by atoms with Gasteiger partial charge in [-0.25, -0.2) is 0 Å². The van der Waals surface area contributed by atoms with E-state index in [1.807, 2.05) is 45.9 Å².